The van der Waals surface area contributed by atoms with Crippen molar-refractivity contribution in [2.24, 2.45) is 0 Å². The van der Waals surface area contributed by atoms with Crippen molar-refractivity contribution in [3.63, 3.8) is 0 Å². The monoisotopic (exact) mass is 367 g/mol. The van der Waals surface area contributed by atoms with Gasteiger partial charge in [0.05, 0.1) is 6.04 Å². The molecule has 0 radical (unpaired) electrons. The molecule has 2 aromatic carbocycles. The Kier molecular flexibility index (Phi) is 5.65. The maximum atomic E-state index is 11.9. The summed E-state index contributed by atoms with van der Waals surface area (Å²) in [6.45, 7) is 1.89. The Morgan fingerprint density at radius 1 is 1.29 bits per heavy atom. The van der Waals surface area contributed by atoms with Gasteiger partial charge < -0.3 is 10.1 Å². The molecule has 3 nitrogen and oxygen atoms in total. The first-order chi connectivity index (χ1) is 10.0. The average molecular weight is 369 g/mol. The number of halogens is 2. The molecule has 0 saturated heterocycles. The van der Waals surface area contributed by atoms with Crippen LogP contribution in [0.1, 0.15) is 18.5 Å². The number of benzene rings is 2. The fourth-order valence-corrected chi connectivity index (χ4v) is 2.27. The normalized spacial score (nSPS) is 11.8. The van der Waals surface area contributed by atoms with E-state index in [2.05, 4.69) is 21.2 Å². The molecule has 1 N–H and O–H groups in total. The molecule has 0 saturated carbocycles. The van der Waals surface area contributed by atoms with Crippen LogP contribution in [0.4, 0.5) is 0 Å². The summed E-state index contributed by atoms with van der Waals surface area (Å²) in [5.74, 6) is 0.402. The zero-order valence-electron chi connectivity index (χ0n) is 11.5. The van der Waals surface area contributed by atoms with Crippen molar-refractivity contribution in [1.29, 1.82) is 0 Å². The number of carbonyl (C=O) groups is 1. The molecule has 0 spiro atoms. The summed E-state index contributed by atoms with van der Waals surface area (Å²) in [5.41, 5.74) is 1.04. The van der Waals surface area contributed by atoms with E-state index < -0.39 is 0 Å². The number of nitrogens with one attached hydrogen (secondary N) is 1. The Hall–Kier alpha value is -1.52. The summed E-state index contributed by atoms with van der Waals surface area (Å²) in [4.78, 5) is 11.9. The van der Waals surface area contributed by atoms with E-state index >= 15 is 0 Å². The van der Waals surface area contributed by atoms with E-state index in [-0.39, 0.29) is 18.6 Å². The predicted molar refractivity (Wildman–Crippen MR) is 87.6 cm³/mol. The third-order valence-corrected chi connectivity index (χ3v) is 3.68. The summed E-state index contributed by atoms with van der Waals surface area (Å²) < 4.78 is 6.41. The maximum Gasteiger partial charge on any atom is 0.258 e. The van der Waals surface area contributed by atoms with Crippen LogP contribution in [-0.2, 0) is 4.79 Å². The van der Waals surface area contributed by atoms with Crippen molar-refractivity contribution in [3.8, 4) is 5.75 Å². The molecule has 0 fully saturated rings. The molecule has 1 amide bonds. The molecule has 1 atom stereocenters. The summed E-state index contributed by atoms with van der Waals surface area (Å²) >= 11 is 9.24. The third kappa shape index (κ3) is 5.06. The maximum absolute atomic E-state index is 11.9. The Morgan fingerprint density at radius 3 is 2.67 bits per heavy atom. The minimum absolute atomic E-state index is 0.0405. The van der Waals surface area contributed by atoms with Gasteiger partial charge in [-0.05, 0) is 42.8 Å². The van der Waals surface area contributed by atoms with E-state index in [4.69, 9.17) is 16.3 Å². The quantitative estimate of drug-likeness (QED) is 0.851. The van der Waals surface area contributed by atoms with Crippen molar-refractivity contribution in [2.45, 2.75) is 13.0 Å². The van der Waals surface area contributed by atoms with Crippen LogP contribution in [0.3, 0.4) is 0 Å². The van der Waals surface area contributed by atoms with Gasteiger partial charge in [-0.1, -0.05) is 45.7 Å². The molecule has 0 aliphatic heterocycles. The van der Waals surface area contributed by atoms with E-state index in [9.17, 15) is 4.79 Å². The number of ether oxygens (including phenoxy) is 1. The lowest BCUT2D eigenvalue weighted by Gasteiger charge is -2.15. The Balaban J connectivity index is 1.85. The number of hydrogen-bond acceptors (Lipinski definition) is 2. The van der Waals surface area contributed by atoms with Gasteiger partial charge in [-0.3, -0.25) is 4.79 Å². The summed E-state index contributed by atoms with van der Waals surface area (Å²) in [6, 6.07) is 14.7. The minimum atomic E-state index is -0.176. The molecular weight excluding hydrogens is 354 g/mol. The fourth-order valence-electron chi connectivity index (χ4n) is 1.82. The van der Waals surface area contributed by atoms with Gasteiger partial charge >= 0.3 is 0 Å². The second kappa shape index (κ2) is 7.48. The van der Waals surface area contributed by atoms with Gasteiger partial charge in [0.25, 0.3) is 5.91 Å². The minimum Gasteiger partial charge on any atom is -0.484 e. The lowest BCUT2D eigenvalue weighted by Crippen LogP contribution is -2.31. The van der Waals surface area contributed by atoms with Gasteiger partial charge in [0.2, 0.25) is 0 Å². The van der Waals surface area contributed by atoms with Crippen LogP contribution in [0.15, 0.2) is 53.0 Å². The van der Waals surface area contributed by atoms with Crippen LogP contribution in [0.25, 0.3) is 0 Å². The Bertz CT molecular complexity index is 616. The van der Waals surface area contributed by atoms with Gasteiger partial charge in [-0.15, -0.1) is 0 Å². The Labute approximate surface area is 137 Å². The van der Waals surface area contributed by atoms with Crippen molar-refractivity contribution in [1.82, 2.24) is 5.32 Å². The SMILES string of the molecule is CC(NC(=O)COc1cccc(Cl)c1)c1ccc(Br)cc1. The average Bonchev–Trinajstić information content (AvgIpc) is 2.46. The molecule has 0 aliphatic rings. The molecule has 1 unspecified atom stereocenters. The zero-order chi connectivity index (χ0) is 15.2. The van der Waals surface area contributed by atoms with Crippen molar-refractivity contribution < 1.29 is 9.53 Å². The summed E-state index contributed by atoms with van der Waals surface area (Å²) in [6.07, 6.45) is 0. The van der Waals surface area contributed by atoms with E-state index in [1.54, 1.807) is 24.3 Å². The van der Waals surface area contributed by atoms with Crippen molar-refractivity contribution in [2.75, 3.05) is 6.61 Å². The van der Waals surface area contributed by atoms with Crippen molar-refractivity contribution in [3.05, 3.63) is 63.6 Å². The van der Waals surface area contributed by atoms with Crippen LogP contribution in [0, 0.1) is 0 Å². The second-order valence-corrected chi connectivity index (χ2v) is 5.94. The highest BCUT2D eigenvalue weighted by atomic mass is 79.9. The molecule has 0 heterocycles. The molecule has 5 heteroatoms. The van der Waals surface area contributed by atoms with Gasteiger partial charge in [0.1, 0.15) is 5.75 Å². The van der Waals surface area contributed by atoms with Crippen LogP contribution in [0.2, 0.25) is 5.02 Å². The fraction of sp³-hybridized carbons (Fsp3) is 0.188. The van der Waals surface area contributed by atoms with Crippen LogP contribution in [0.5, 0.6) is 5.75 Å². The second-order valence-electron chi connectivity index (χ2n) is 4.59. The van der Waals surface area contributed by atoms with Gasteiger partial charge in [0.15, 0.2) is 6.61 Å². The predicted octanol–water partition coefficient (Wildman–Crippen LogP) is 4.36. The molecule has 0 aliphatic carbocycles. The number of amides is 1. The Morgan fingerprint density at radius 2 is 2.00 bits per heavy atom. The van der Waals surface area contributed by atoms with Crippen LogP contribution < -0.4 is 10.1 Å². The smallest absolute Gasteiger partial charge is 0.258 e. The molecular formula is C16H15BrClNO2. The molecule has 0 aromatic heterocycles. The number of rotatable bonds is 5. The first-order valence-corrected chi connectivity index (χ1v) is 7.65. The summed E-state index contributed by atoms with van der Waals surface area (Å²) in [5, 5.41) is 3.47. The van der Waals surface area contributed by atoms with E-state index in [0.29, 0.717) is 10.8 Å². The van der Waals surface area contributed by atoms with Crippen LogP contribution >= 0.6 is 27.5 Å². The molecule has 0 bridgehead atoms. The van der Waals surface area contributed by atoms with Crippen molar-refractivity contribution >= 4 is 33.4 Å². The van der Waals surface area contributed by atoms with E-state index in [1.165, 1.54) is 0 Å². The summed E-state index contributed by atoms with van der Waals surface area (Å²) in [7, 11) is 0. The molecule has 2 aromatic rings. The topological polar surface area (TPSA) is 38.3 Å². The molecule has 2 rings (SSSR count). The van der Waals surface area contributed by atoms with E-state index in [1.807, 2.05) is 31.2 Å². The number of carbonyl (C=O) groups excluding carboxylic acids is 1. The van der Waals surface area contributed by atoms with Gasteiger partial charge in [0, 0.05) is 9.50 Å². The van der Waals surface area contributed by atoms with Gasteiger partial charge in [-0.2, -0.15) is 0 Å². The van der Waals surface area contributed by atoms with E-state index in [0.717, 1.165) is 10.0 Å². The lowest BCUT2D eigenvalue weighted by atomic mass is 10.1. The zero-order valence-corrected chi connectivity index (χ0v) is 13.8. The third-order valence-electron chi connectivity index (χ3n) is 2.91. The number of hydrogen-bond donors (Lipinski definition) is 1. The molecule has 21 heavy (non-hydrogen) atoms. The highest BCUT2D eigenvalue weighted by Crippen LogP contribution is 2.18. The first-order valence-electron chi connectivity index (χ1n) is 6.48. The van der Waals surface area contributed by atoms with Gasteiger partial charge in [-0.25, -0.2) is 0 Å². The highest BCUT2D eigenvalue weighted by molar-refractivity contribution is 9.10. The largest absolute Gasteiger partial charge is 0.484 e. The molecule has 110 valence electrons. The lowest BCUT2D eigenvalue weighted by molar-refractivity contribution is -0.123. The first kappa shape index (κ1) is 15.9. The van der Waals surface area contributed by atoms with Crippen LogP contribution in [-0.4, -0.2) is 12.5 Å². The standard InChI is InChI=1S/C16H15BrClNO2/c1-11(12-5-7-13(17)8-6-12)19-16(20)10-21-15-4-2-3-14(18)9-15/h2-9,11H,10H2,1H3,(H,19,20). The highest BCUT2D eigenvalue weighted by Gasteiger charge is 2.10.